The number of hydrogen-bond donors (Lipinski definition) is 2. The average molecular weight is 302 g/mol. The van der Waals surface area contributed by atoms with E-state index >= 15 is 0 Å². The fourth-order valence-electron chi connectivity index (χ4n) is 1.55. The molecule has 0 fully saturated rings. The standard InChI is InChI=1S/C14H20ClNO4/c1-10(14(18)16-6-3-7-19-2)20-13-5-4-11(9-17)8-12(13)15/h4-5,8,10,17H,3,6-7,9H2,1-2H3,(H,16,18). The molecule has 0 saturated heterocycles. The number of aliphatic hydroxyl groups is 1. The molecule has 0 spiro atoms. The van der Waals surface area contributed by atoms with Gasteiger partial charge >= 0.3 is 0 Å². The predicted molar refractivity (Wildman–Crippen MR) is 77.0 cm³/mol. The van der Waals surface area contributed by atoms with Gasteiger partial charge in [0.05, 0.1) is 11.6 Å². The van der Waals surface area contributed by atoms with Crippen LogP contribution in [-0.4, -0.2) is 37.4 Å². The largest absolute Gasteiger partial charge is 0.479 e. The van der Waals surface area contributed by atoms with Gasteiger partial charge in [-0.25, -0.2) is 0 Å². The van der Waals surface area contributed by atoms with Crippen molar-refractivity contribution in [2.24, 2.45) is 0 Å². The minimum Gasteiger partial charge on any atom is -0.479 e. The Morgan fingerprint density at radius 1 is 1.50 bits per heavy atom. The summed E-state index contributed by atoms with van der Waals surface area (Å²) in [5.41, 5.74) is 0.694. The molecular formula is C14H20ClNO4. The Bertz CT molecular complexity index is 439. The highest BCUT2D eigenvalue weighted by atomic mass is 35.5. The Morgan fingerprint density at radius 3 is 2.85 bits per heavy atom. The Labute approximate surface area is 123 Å². The van der Waals surface area contributed by atoms with E-state index in [2.05, 4.69) is 5.32 Å². The van der Waals surface area contributed by atoms with Crippen LogP contribution in [0.25, 0.3) is 0 Å². The molecule has 5 nitrogen and oxygen atoms in total. The molecule has 0 bridgehead atoms. The summed E-state index contributed by atoms with van der Waals surface area (Å²) < 4.78 is 10.4. The van der Waals surface area contributed by atoms with Gasteiger partial charge in [0.25, 0.3) is 5.91 Å². The Hall–Kier alpha value is -1.30. The van der Waals surface area contributed by atoms with E-state index in [9.17, 15) is 4.79 Å². The summed E-state index contributed by atoms with van der Waals surface area (Å²) in [7, 11) is 1.62. The summed E-state index contributed by atoms with van der Waals surface area (Å²) >= 11 is 6.02. The highest BCUT2D eigenvalue weighted by Crippen LogP contribution is 2.26. The number of ether oxygens (including phenoxy) is 2. The lowest BCUT2D eigenvalue weighted by Crippen LogP contribution is -2.37. The molecule has 112 valence electrons. The van der Waals surface area contributed by atoms with E-state index in [0.29, 0.717) is 29.5 Å². The molecule has 1 amide bonds. The lowest BCUT2D eigenvalue weighted by atomic mass is 10.2. The van der Waals surface area contributed by atoms with Crippen LogP contribution in [-0.2, 0) is 16.1 Å². The normalized spacial score (nSPS) is 12.0. The van der Waals surface area contributed by atoms with E-state index < -0.39 is 6.10 Å². The summed E-state index contributed by atoms with van der Waals surface area (Å²) in [6.45, 7) is 2.71. The number of carbonyl (C=O) groups excluding carboxylic acids is 1. The van der Waals surface area contributed by atoms with Gasteiger partial charge in [-0.1, -0.05) is 17.7 Å². The summed E-state index contributed by atoms with van der Waals surface area (Å²) in [6.07, 6.45) is 0.107. The second kappa shape index (κ2) is 8.79. The van der Waals surface area contributed by atoms with Gasteiger partial charge in [0.1, 0.15) is 5.75 Å². The topological polar surface area (TPSA) is 67.8 Å². The molecule has 1 rings (SSSR count). The van der Waals surface area contributed by atoms with Crippen molar-refractivity contribution in [3.8, 4) is 5.75 Å². The summed E-state index contributed by atoms with van der Waals surface area (Å²) in [4.78, 5) is 11.8. The number of nitrogens with one attached hydrogen (secondary N) is 1. The molecule has 1 atom stereocenters. The number of halogens is 1. The zero-order chi connectivity index (χ0) is 15.0. The first-order chi connectivity index (χ1) is 9.58. The van der Waals surface area contributed by atoms with Gasteiger partial charge in [0.2, 0.25) is 0 Å². The zero-order valence-electron chi connectivity index (χ0n) is 11.7. The van der Waals surface area contributed by atoms with Crippen LogP contribution in [0.5, 0.6) is 5.75 Å². The van der Waals surface area contributed by atoms with Crippen LogP contribution in [0.4, 0.5) is 0 Å². The minimum absolute atomic E-state index is 0.0878. The Kier molecular flexibility index (Phi) is 7.36. The minimum atomic E-state index is -0.643. The van der Waals surface area contributed by atoms with Crippen molar-refractivity contribution < 1.29 is 19.4 Å². The van der Waals surface area contributed by atoms with Crippen molar-refractivity contribution in [3.63, 3.8) is 0 Å². The predicted octanol–water partition coefficient (Wildman–Crippen LogP) is 1.75. The first-order valence-corrected chi connectivity index (χ1v) is 6.79. The monoisotopic (exact) mass is 301 g/mol. The van der Waals surface area contributed by atoms with Gasteiger partial charge in [0, 0.05) is 20.3 Å². The maximum atomic E-state index is 11.8. The third kappa shape index (κ3) is 5.36. The van der Waals surface area contributed by atoms with E-state index in [4.69, 9.17) is 26.2 Å². The number of carbonyl (C=O) groups is 1. The number of aliphatic hydroxyl groups excluding tert-OH is 1. The first-order valence-electron chi connectivity index (χ1n) is 6.41. The molecule has 0 aliphatic heterocycles. The molecule has 1 unspecified atom stereocenters. The van der Waals surface area contributed by atoms with E-state index in [0.717, 1.165) is 6.42 Å². The molecule has 20 heavy (non-hydrogen) atoms. The quantitative estimate of drug-likeness (QED) is 0.718. The van der Waals surface area contributed by atoms with Crippen molar-refractivity contribution in [3.05, 3.63) is 28.8 Å². The molecule has 1 aromatic rings. The highest BCUT2D eigenvalue weighted by molar-refractivity contribution is 6.32. The SMILES string of the molecule is COCCCNC(=O)C(C)Oc1ccc(CO)cc1Cl. The van der Waals surface area contributed by atoms with Crippen molar-refractivity contribution >= 4 is 17.5 Å². The highest BCUT2D eigenvalue weighted by Gasteiger charge is 2.15. The second-order valence-corrected chi connectivity index (χ2v) is 4.73. The third-order valence-electron chi connectivity index (χ3n) is 2.68. The Balaban J connectivity index is 2.48. The van der Waals surface area contributed by atoms with E-state index in [1.807, 2.05) is 0 Å². The van der Waals surface area contributed by atoms with Gasteiger partial charge in [0.15, 0.2) is 6.10 Å². The maximum absolute atomic E-state index is 11.8. The summed E-state index contributed by atoms with van der Waals surface area (Å²) in [5.74, 6) is 0.215. The molecule has 0 saturated carbocycles. The summed E-state index contributed by atoms with van der Waals surface area (Å²) in [6, 6.07) is 4.95. The molecule has 0 aliphatic rings. The molecule has 0 heterocycles. The van der Waals surface area contributed by atoms with Crippen molar-refractivity contribution in [2.75, 3.05) is 20.3 Å². The van der Waals surface area contributed by atoms with Gasteiger partial charge in [-0.05, 0) is 31.0 Å². The van der Waals surface area contributed by atoms with Gasteiger partial charge in [-0.2, -0.15) is 0 Å². The van der Waals surface area contributed by atoms with Crippen LogP contribution in [0.3, 0.4) is 0 Å². The van der Waals surface area contributed by atoms with Crippen LogP contribution in [0, 0.1) is 0 Å². The lowest BCUT2D eigenvalue weighted by Gasteiger charge is -2.16. The van der Waals surface area contributed by atoms with Crippen LogP contribution < -0.4 is 10.1 Å². The first kappa shape index (κ1) is 16.8. The molecular weight excluding hydrogens is 282 g/mol. The van der Waals surface area contributed by atoms with E-state index in [1.54, 1.807) is 32.2 Å². The van der Waals surface area contributed by atoms with Crippen LogP contribution in [0.2, 0.25) is 5.02 Å². The van der Waals surface area contributed by atoms with Crippen molar-refractivity contribution in [1.82, 2.24) is 5.32 Å². The van der Waals surface area contributed by atoms with Gasteiger partial charge < -0.3 is 19.9 Å². The Morgan fingerprint density at radius 2 is 2.25 bits per heavy atom. The zero-order valence-corrected chi connectivity index (χ0v) is 12.4. The van der Waals surface area contributed by atoms with Crippen LogP contribution in [0.15, 0.2) is 18.2 Å². The fraction of sp³-hybridized carbons (Fsp3) is 0.500. The molecule has 6 heteroatoms. The average Bonchev–Trinajstić information content (AvgIpc) is 2.45. The van der Waals surface area contributed by atoms with Crippen LogP contribution in [0.1, 0.15) is 18.9 Å². The summed E-state index contributed by atoms with van der Waals surface area (Å²) in [5, 5.41) is 12.1. The number of rotatable bonds is 8. The number of amides is 1. The number of hydrogen-bond acceptors (Lipinski definition) is 4. The van der Waals surface area contributed by atoms with Crippen molar-refractivity contribution in [1.29, 1.82) is 0 Å². The number of methoxy groups -OCH3 is 1. The van der Waals surface area contributed by atoms with Crippen LogP contribution >= 0.6 is 11.6 Å². The fourth-order valence-corrected chi connectivity index (χ4v) is 1.80. The molecule has 2 N–H and O–H groups in total. The van der Waals surface area contributed by atoms with Gasteiger partial charge in [-0.15, -0.1) is 0 Å². The second-order valence-electron chi connectivity index (χ2n) is 4.32. The molecule has 1 aromatic carbocycles. The van der Waals surface area contributed by atoms with Crippen molar-refractivity contribution in [2.45, 2.75) is 26.1 Å². The third-order valence-corrected chi connectivity index (χ3v) is 2.97. The van der Waals surface area contributed by atoms with E-state index in [1.165, 1.54) is 0 Å². The number of benzene rings is 1. The molecule has 0 aliphatic carbocycles. The van der Waals surface area contributed by atoms with E-state index in [-0.39, 0.29) is 12.5 Å². The smallest absolute Gasteiger partial charge is 0.260 e. The van der Waals surface area contributed by atoms with Gasteiger partial charge in [-0.3, -0.25) is 4.79 Å². The molecule has 0 radical (unpaired) electrons. The molecule has 0 aromatic heterocycles. The lowest BCUT2D eigenvalue weighted by molar-refractivity contribution is -0.127. The maximum Gasteiger partial charge on any atom is 0.260 e.